The maximum Gasteiger partial charge on any atom is 0.356 e. The van der Waals surface area contributed by atoms with E-state index in [1.165, 1.54) is 22.9 Å². The average molecular weight is 384 g/mol. The maximum atomic E-state index is 12.2. The van der Waals surface area contributed by atoms with Crippen LogP contribution in [0.1, 0.15) is 23.8 Å². The second-order valence-electron chi connectivity index (χ2n) is 5.44. The lowest BCUT2D eigenvalue weighted by molar-refractivity contribution is 0.0512. The molecule has 1 aromatic heterocycles. The molecule has 0 fully saturated rings. The molecular weight excluding hydrogens is 366 g/mol. The van der Waals surface area contributed by atoms with Gasteiger partial charge in [0, 0.05) is 18.4 Å². The molecule has 0 saturated heterocycles. The van der Waals surface area contributed by atoms with Crippen molar-refractivity contribution in [3.63, 3.8) is 0 Å². The monoisotopic (exact) mass is 384 g/mol. The zero-order valence-electron chi connectivity index (χ0n) is 14.3. The largest absolute Gasteiger partial charge is 0.461 e. The number of hydrogen-bond donors (Lipinski definition) is 0. The number of benzene rings is 1. The van der Waals surface area contributed by atoms with Crippen LogP contribution in [0.5, 0.6) is 0 Å². The van der Waals surface area contributed by atoms with Gasteiger partial charge in [-0.05, 0) is 37.6 Å². The van der Waals surface area contributed by atoms with Crippen molar-refractivity contribution in [1.82, 2.24) is 9.78 Å². The third-order valence-corrected chi connectivity index (χ3v) is 4.61. The fourth-order valence-electron chi connectivity index (χ4n) is 2.27. The molecule has 0 aliphatic carbocycles. The molecule has 9 heteroatoms. The molecule has 0 spiro atoms. The van der Waals surface area contributed by atoms with Gasteiger partial charge in [0.05, 0.1) is 17.2 Å². The van der Waals surface area contributed by atoms with Crippen molar-refractivity contribution in [2.45, 2.75) is 24.8 Å². The molecule has 2 rings (SSSR count). The highest BCUT2D eigenvalue weighted by Gasteiger charge is 2.17. The molecule has 1 aromatic carbocycles. The van der Waals surface area contributed by atoms with Gasteiger partial charge in [-0.15, -0.1) is 0 Å². The van der Waals surface area contributed by atoms with E-state index in [2.05, 4.69) is 5.10 Å². The Morgan fingerprint density at radius 1 is 1.27 bits per heavy atom. The summed E-state index contributed by atoms with van der Waals surface area (Å²) in [4.78, 5) is 12.2. The molecule has 140 valence electrons. The predicted octanol–water partition coefficient (Wildman–Crippen LogP) is 3.30. The summed E-state index contributed by atoms with van der Waals surface area (Å²) in [7, 11) is -3.32. The molecule has 0 radical (unpaired) electrons. The number of carbonyl (C=O) groups is 1. The Hall–Kier alpha value is -2.55. The van der Waals surface area contributed by atoms with E-state index in [9.17, 15) is 22.0 Å². The van der Waals surface area contributed by atoms with Gasteiger partial charge in [0.1, 0.15) is 5.69 Å². The summed E-state index contributed by atoms with van der Waals surface area (Å²) in [6.45, 7) is 1.90. The van der Waals surface area contributed by atoms with E-state index < -0.39 is 21.9 Å². The molecular formula is C17H18F2N2O4S. The second kappa shape index (κ2) is 8.22. The summed E-state index contributed by atoms with van der Waals surface area (Å²) >= 11 is 0. The van der Waals surface area contributed by atoms with Crippen molar-refractivity contribution in [3.05, 3.63) is 48.2 Å². The van der Waals surface area contributed by atoms with Gasteiger partial charge in [0.25, 0.3) is 6.08 Å². The zero-order chi connectivity index (χ0) is 19.3. The Bertz CT molecular complexity index is 915. The first kappa shape index (κ1) is 19.8. The molecule has 0 atom stereocenters. The number of nitrogens with zero attached hydrogens (tertiary/aromatic N) is 2. The number of allylic oxidation sites excluding steroid dienone is 1. The van der Waals surface area contributed by atoms with Crippen LogP contribution in [-0.4, -0.2) is 37.0 Å². The van der Waals surface area contributed by atoms with Gasteiger partial charge in [-0.1, -0.05) is 12.1 Å². The second-order valence-corrected chi connectivity index (χ2v) is 7.45. The average Bonchev–Trinajstić information content (AvgIpc) is 2.98. The molecule has 0 unspecified atom stereocenters. The lowest BCUT2D eigenvalue weighted by Gasteiger charge is -2.04. The molecule has 0 N–H and O–H groups in total. The van der Waals surface area contributed by atoms with Crippen LogP contribution in [-0.2, 0) is 21.1 Å². The van der Waals surface area contributed by atoms with E-state index >= 15 is 0 Å². The Labute approximate surface area is 150 Å². The van der Waals surface area contributed by atoms with Crippen molar-refractivity contribution >= 4 is 15.8 Å². The van der Waals surface area contributed by atoms with Gasteiger partial charge in [-0.2, -0.15) is 13.9 Å². The maximum absolute atomic E-state index is 12.2. The van der Waals surface area contributed by atoms with E-state index in [1.54, 1.807) is 19.1 Å². The van der Waals surface area contributed by atoms with Crippen LogP contribution >= 0.6 is 0 Å². The highest BCUT2D eigenvalue weighted by Crippen LogP contribution is 2.22. The highest BCUT2D eigenvalue weighted by molar-refractivity contribution is 7.90. The fraction of sp³-hybridized carbons (Fsp3) is 0.294. The minimum absolute atomic E-state index is 0.00285. The van der Waals surface area contributed by atoms with Gasteiger partial charge in [-0.25, -0.2) is 13.2 Å². The van der Waals surface area contributed by atoms with Gasteiger partial charge in [-0.3, -0.25) is 4.68 Å². The number of aryl methyl sites for hydroxylation is 1. The van der Waals surface area contributed by atoms with E-state index in [0.29, 0.717) is 11.3 Å². The third kappa shape index (κ3) is 4.98. The molecule has 6 nitrogen and oxygen atoms in total. The molecule has 1 heterocycles. The van der Waals surface area contributed by atoms with E-state index in [4.69, 9.17) is 4.74 Å². The number of rotatable bonds is 7. The lowest BCUT2D eigenvalue weighted by Crippen LogP contribution is -2.13. The summed E-state index contributed by atoms with van der Waals surface area (Å²) in [5.41, 5.74) is 1.15. The number of hydrogen-bond acceptors (Lipinski definition) is 5. The molecule has 26 heavy (non-hydrogen) atoms. The van der Waals surface area contributed by atoms with Crippen molar-refractivity contribution < 1.29 is 26.7 Å². The SMILES string of the molecule is CCOC(=O)c1cc(-c2ccc(S(C)(=O)=O)cc2)nn1CCC=C(F)F. The minimum atomic E-state index is -3.32. The van der Waals surface area contributed by atoms with Crippen LogP contribution in [0.4, 0.5) is 8.78 Å². The first-order chi connectivity index (χ1) is 12.2. The van der Waals surface area contributed by atoms with E-state index in [1.807, 2.05) is 0 Å². The molecule has 0 aliphatic rings. The number of ether oxygens (including phenoxy) is 1. The van der Waals surface area contributed by atoms with Crippen LogP contribution in [0.2, 0.25) is 0 Å². The van der Waals surface area contributed by atoms with E-state index in [0.717, 1.165) is 12.3 Å². The lowest BCUT2D eigenvalue weighted by atomic mass is 10.1. The molecule has 0 bridgehead atoms. The zero-order valence-corrected chi connectivity index (χ0v) is 15.1. The number of aromatic nitrogens is 2. The van der Waals surface area contributed by atoms with Crippen LogP contribution in [0.25, 0.3) is 11.3 Å². The molecule has 0 amide bonds. The van der Waals surface area contributed by atoms with Crippen LogP contribution < -0.4 is 0 Å². The van der Waals surface area contributed by atoms with E-state index in [-0.39, 0.29) is 30.2 Å². The Kier molecular flexibility index (Phi) is 6.25. The Balaban J connectivity index is 2.36. The van der Waals surface area contributed by atoms with Gasteiger partial charge < -0.3 is 4.74 Å². The first-order valence-corrected chi connectivity index (χ1v) is 9.68. The van der Waals surface area contributed by atoms with Crippen molar-refractivity contribution in [1.29, 1.82) is 0 Å². The van der Waals surface area contributed by atoms with Gasteiger partial charge >= 0.3 is 5.97 Å². The van der Waals surface area contributed by atoms with Crippen molar-refractivity contribution in [2.75, 3.05) is 12.9 Å². The Morgan fingerprint density at radius 3 is 2.46 bits per heavy atom. The molecule has 0 saturated carbocycles. The normalized spacial score (nSPS) is 11.2. The summed E-state index contributed by atoms with van der Waals surface area (Å²) in [5.74, 6) is -0.608. The summed E-state index contributed by atoms with van der Waals surface area (Å²) in [6, 6.07) is 7.51. The summed E-state index contributed by atoms with van der Waals surface area (Å²) in [6.07, 6.45) is 0.0547. The topological polar surface area (TPSA) is 78.3 Å². The smallest absolute Gasteiger partial charge is 0.356 e. The fourth-order valence-corrected chi connectivity index (χ4v) is 2.90. The standard InChI is InChI=1S/C17H18F2N2O4S/c1-3-25-17(22)15-11-14(20-21(15)10-4-5-16(18)19)12-6-8-13(9-7-12)26(2,23)24/h5-9,11H,3-4,10H2,1-2H3. The van der Waals surface area contributed by atoms with Gasteiger partial charge in [0.2, 0.25) is 0 Å². The van der Waals surface area contributed by atoms with Crippen LogP contribution in [0.3, 0.4) is 0 Å². The number of esters is 1. The summed E-state index contributed by atoms with van der Waals surface area (Å²) < 4.78 is 53.7. The number of sulfone groups is 1. The Morgan fingerprint density at radius 2 is 1.92 bits per heavy atom. The van der Waals surface area contributed by atoms with Gasteiger partial charge in [0.15, 0.2) is 9.84 Å². The van der Waals surface area contributed by atoms with Crippen molar-refractivity contribution in [3.8, 4) is 11.3 Å². The highest BCUT2D eigenvalue weighted by atomic mass is 32.2. The van der Waals surface area contributed by atoms with Crippen LogP contribution in [0, 0.1) is 0 Å². The molecule has 0 aliphatic heterocycles. The number of carbonyl (C=O) groups excluding carboxylic acids is 1. The quantitative estimate of drug-likeness (QED) is 0.685. The predicted molar refractivity (Wildman–Crippen MR) is 91.6 cm³/mol. The van der Waals surface area contributed by atoms with Crippen molar-refractivity contribution in [2.24, 2.45) is 0 Å². The number of halogens is 2. The summed E-state index contributed by atoms with van der Waals surface area (Å²) in [5, 5.41) is 4.26. The third-order valence-electron chi connectivity index (χ3n) is 3.48. The van der Waals surface area contributed by atoms with Crippen LogP contribution in [0.15, 0.2) is 47.4 Å². The molecule has 2 aromatic rings. The first-order valence-electron chi connectivity index (χ1n) is 7.79. The minimum Gasteiger partial charge on any atom is -0.461 e.